The van der Waals surface area contributed by atoms with E-state index in [4.69, 9.17) is 18.5 Å². The van der Waals surface area contributed by atoms with E-state index in [0.29, 0.717) is 60.7 Å². The minimum absolute atomic E-state index is 0.0106. The lowest BCUT2D eigenvalue weighted by Crippen LogP contribution is -2.26. The summed E-state index contributed by atoms with van der Waals surface area (Å²) < 4.78 is 23.8. The second-order valence-electron chi connectivity index (χ2n) is 12.3. The average molecular weight is 667 g/mol. The monoisotopic (exact) mass is 666 g/mol. The van der Waals surface area contributed by atoms with Crippen LogP contribution in [0.3, 0.4) is 0 Å². The zero-order valence-electron chi connectivity index (χ0n) is 27.3. The first kappa shape index (κ1) is 34.4. The third-order valence-corrected chi connectivity index (χ3v) is 8.21. The molecule has 2 aliphatic carbocycles. The lowest BCUT2D eigenvalue weighted by atomic mass is 9.87. The lowest BCUT2D eigenvalue weighted by Gasteiger charge is -2.25. The van der Waals surface area contributed by atoms with Crippen LogP contribution < -0.4 is 32.0 Å². The third kappa shape index (κ3) is 8.69. The van der Waals surface area contributed by atoms with Gasteiger partial charge in [-0.05, 0) is 82.3 Å². The van der Waals surface area contributed by atoms with Crippen LogP contribution in [-0.4, -0.2) is 37.0 Å². The second-order valence-corrected chi connectivity index (χ2v) is 12.3. The highest BCUT2D eigenvalue weighted by Crippen LogP contribution is 2.30. The Balaban J connectivity index is 0.000000188. The van der Waals surface area contributed by atoms with Gasteiger partial charge in [0.05, 0.1) is 11.4 Å². The van der Waals surface area contributed by atoms with Crippen molar-refractivity contribution < 1.29 is 22.9 Å². The number of halogens is 1. The Hall–Kier alpha value is -4.95. The van der Waals surface area contributed by atoms with Crippen molar-refractivity contribution >= 4 is 33.6 Å². The molecule has 256 valence electrons. The van der Waals surface area contributed by atoms with Crippen molar-refractivity contribution in [2.45, 2.75) is 110 Å². The Morgan fingerprint density at radius 3 is 1.62 bits per heavy atom. The number of alkyl halides is 1. The fourth-order valence-corrected chi connectivity index (χ4v) is 5.70. The number of hydrogen-bond donors (Lipinski definition) is 2. The molecule has 4 heterocycles. The first-order valence-corrected chi connectivity index (χ1v) is 16.3. The zero-order chi connectivity index (χ0) is 34.3. The molecular formula is C33H39FN6O8. The summed E-state index contributed by atoms with van der Waals surface area (Å²) in [6.07, 6.45) is 9.68. The Morgan fingerprint density at radius 2 is 1.19 bits per heavy atom. The normalized spacial score (nSPS) is 17.9. The molecule has 0 saturated heterocycles. The highest BCUT2D eigenvalue weighted by Gasteiger charge is 2.29. The van der Waals surface area contributed by atoms with Crippen LogP contribution in [0.5, 0.6) is 12.0 Å². The van der Waals surface area contributed by atoms with Gasteiger partial charge in [-0.1, -0.05) is 43.4 Å². The van der Waals surface area contributed by atoms with Gasteiger partial charge in [0.2, 0.25) is 11.4 Å². The number of H-pyrrole nitrogens is 2. The second kappa shape index (κ2) is 15.3. The van der Waals surface area contributed by atoms with Crippen molar-refractivity contribution in [1.82, 2.24) is 19.9 Å². The van der Waals surface area contributed by atoms with Crippen LogP contribution >= 0.6 is 0 Å². The van der Waals surface area contributed by atoms with Crippen molar-refractivity contribution in [2.75, 3.05) is 0 Å². The van der Waals surface area contributed by atoms with Gasteiger partial charge in [-0.2, -0.15) is 9.97 Å². The van der Waals surface area contributed by atoms with E-state index in [0.717, 1.165) is 44.2 Å². The zero-order valence-corrected chi connectivity index (χ0v) is 27.3. The topological polar surface area (TPSA) is 195 Å². The van der Waals surface area contributed by atoms with Gasteiger partial charge in [0, 0.05) is 12.1 Å². The summed E-state index contributed by atoms with van der Waals surface area (Å²) in [6, 6.07) is 2.43. The molecule has 0 unspecified atom stereocenters. The largest absolute Gasteiger partial charge is 0.403 e. The molecule has 0 bridgehead atoms. The number of oxime groups is 2. The van der Waals surface area contributed by atoms with Crippen LogP contribution in [0.15, 0.2) is 50.5 Å². The molecule has 0 aromatic carbocycles. The molecule has 48 heavy (non-hydrogen) atoms. The molecule has 0 radical (unpaired) electrons. The van der Waals surface area contributed by atoms with E-state index in [9.17, 15) is 23.6 Å². The Labute approximate surface area is 273 Å². The predicted octanol–water partition coefficient (Wildman–Crippen LogP) is 5.39. The van der Waals surface area contributed by atoms with E-state index < -0.39 is 22.5 Å². The van der Waals surface area contributed by atoms with E-state index >= 15 is 0 Å². The van der Waals surface area contributed by atoms with Crippen molar-refractivity contribution in [3.05, 3.63) is 64.8 Å². The van der Waals surface area contributed by atoms with Gasteiger partial charge < -0.3 is 18.5 Å². The summed E-state index contributed by atoms with van der Waals surface area (Å²) in [4.78, 5) is 71.4. The van der Waals surface area contributed by atoms with Crippen LogP contribution in [0.2, 0.25) is 0 Å². The molecule has 4 aromatic heterocycles. The number of aryl methyl sites for hydroxylation is 2. The standard InChI is InChI=1S/C17H20FN3O4.C16H19N3O4/c1-3-4-10-9-12(22)24-15-13(10)14(23)19-16(20-15)25-21-11-5-7-17(2,18)8-6-11;1-2-6-10-9-12(20)22-15-13(10)14(21)17-16(18-15)23-19-11-7-4-3-5-8-11/h9H,3-8H2,1-2H3,(H,19,20,23);9H,2-8H2,1H3,(H,17,18,21). The molecule has 2 saturated carbocycles. The summed E-state index contributed by atoms with van der Waals surface area (Å²) in [7, 11) is 0. The first-order valence-electron chi connectivity index (χ1n) is 16.3. The van der Waals surface area contributed by atoms with Gasteiger partial charge >= 0.3 is 23.3 Å². The van der Waals surface area contributed by atoms with Crippen molar-refractivity contribution in [3.8, 4) is 12.0 Å². The third-order valence-electron chi connectivity index (χ3n) is 8.21. The maximum atomic E-state index is 13.8. The molecule has 6 rings (SSSR count). The maximum Gasteiger partial charge on any atom is 0.337 e. The Bertz CT molecular complexity index is 2060. The summed E-state index contributed by atoms with van der Waals surface area (Å²) >= 11 is 0. The molecule has 0 amide bonds. The molecule has 0 spiro atoms. The summed E-state index contributed by atoms with van der Waals surface area (Å²) in [6.45, 7) is 5.49. The maximum absolute atomic E-state index is 13.8. The van der Waals surface area contributed by atoms with Crippen LogP contribution in [0.4, 0.5) is 4.39 Å². The number of aromatic nitrogens is 4. The molecule has 2 N–H and O–H groups in total. The minimum atomic E-state index is -1.17. The molecule has 4 aromatic rings. The average Bonchev–Trinajstić information content (AvgIpc) is 3.03. The quantitative estimate of drug-likeness (QED) is 0.230. The summed E-state index contributed by atoms with van der Waals surface area (Å²) in [5.74, 6) is 0. The highest BCUT2D eigenvalue weighted by molar-refractivity contribution is 5.85. The molecule has 14 nitrogen and oxygen atoms in total. The molecule has 0 atom stereocenters. The molecular weight excluding hydrogens is 627 g/mol. The molecule has 0 aliphatic heterocycles. The van der Waals surface area contributed by atoms with Gasteiger partial charge in [-0.3, -0.25) is 19.6 Å². The summed E-state index contributed by atoms with van der Waals surface area (Å²) in [5, 5.41) is 8.53. The number of rotatable bonds is 8. The van der Waals surface area contributed by atoms with Gasteiger partial charge in [0.1, 0.15) is 16.4 Å². The summed E-state index contributed by atoms with van der Waals surface area (Å²) in [5.41, 5.74) is -0.295. The van der Waals surface area contributed by atoms with Crippen LogP contribution in [-0.2, 0) is 12.8 Å². The number of nitrogens with zero attached hydrogens (tertiary/aromatic N) is 4. The van der Waals surface area contributed by atoms with Crippen molar-refractivity contribution in [3.63, 3.8) is 0 Å². The van der Waals surface area contributed by atoms with Crippen molar-refractivity contribution in [2.24, 2.45) is 10.3 Å². The van der Waals surface area contributed by atoms with E-state index in [1.165, 1.54) is 18.6 Å². The molecule has 2 fully saturated rings. The van der Waals surface area contributed by atoms with Gasteiger partial charge in [0.25, 0.3) is 11.1 Å². The van der Waals surface area contributed by atoms with Crippen LogP contribution in [0, 0.1) is 0 Å². The highest BCUT2D eigenvalue weighted by atomic mass is 19.1. The van der Waals surface area contributed by atoms with E-state index in [1.54, 1.807) is 6.92 Å². The van der Waals surface area contributed by atoms with E-state index in [-0.39, 0.29) is 34.4 Å². The Morgan fingerprint density at radius 1 is 0.750 bits per heavy atom. The van der Waals surface area contributed by atoms with Gasteiger partial charge in [-0.15, -0.1) is 0 Å². The number of fused-ring (bicyclic) bond motifs is 2. The first-order chi connectivity index (χ1) is 23.0. The van der Waals surface area contributed by atoms with Gasteiger partial charge in [-0.25, -0.2) is 14.0 Å². The SMILES string of the molecule is CCCc1cc(=O)oc2nc(ON=C3CCC(C)(F)CC3)[nH]c(=O)c12.CCCc1cc(=O)oc2nc(ON=C3CCCCC3)[nH]c(=O)c12. The Kier molecular flexibility index (Phi) is 11.0. The lowest BCUT2D eigenvalue weighted by molar-refractivity contribution is 0.156. The fraction of sp³-hybridized carbons (Fsp3) is 0.515. The minimum Gasteiger partial charge on any atom is -0.403 e. The molecule has 2 aliphatic rings. The van der Waals surface area contributed by atoms with Gasteiger partial charge in [0.15, 0.2) is 0 Å². The molecule has 15 heteroatoms. The van der Waals surface area contributed by atoms with Crippen LogP contribution in [0.1, 0.15) is 103 Å². The number of aromatic amines is 2. The van der Waals surface area contributed by atoms with Crippen molar-refractivity contribution in [1.29, 1.82) is 0 Å². The van der Waals surface area contributed by atoms with E-state index in [1.807, 2.05) is 13.8 Å². The fourth-order valence-electron chi connectivity index (χ4n) is 5.70. The predicted molar refractivity (Wildman–Crippen MR) is 177 cm³/mol. The van der Waals surface area contributed by atoms with E-state index in [2.05, 4.69) is 30.2 Å². The smallest absolute Gasteiger partial charge is 0.337 e. The van der Waals surface area contributed by atoms with Crippen LogP contribution in [0.25, 0.3) is 22.2 Å². The number of hydrogen-bond acceptors (Lipinski definition) is 12. The number of nitrogens with one attached hydrogen (secondary N) is 2.